The molecule has 0 N–H and O–H groups in total. The van der Waals surface area contributed by atoms with E-state index < -0.39 is 0 Å². The lowest BCUT2D eigenvalue weighted by Crippen LogP contribution is -1.98. The second-order valence-corrected chi connectivity index (χ2v) is 5.95. The van der Waals surface area contributed by atoms with Crippen molar-refractivity contribution in [1.29, 1.82) is 0 Å². The fourth-order valence-corrected chi connectivity index (χ4v) is 3.85. The third-order valence-corrected chi connectivity index (χ3v) is 4.61. The van der Waals surface area contributed by atoms with Crippen LogP contribution in [0.15, 0.2) is 36.4 Å². The van der Waals surface area contributed by atoms with Crippen molar-refractivity contribution >= 4 is 39.1 Å². The maximum atomic E-state index is 6.25. The van der Waals surface area contributed by atoms with Crippen LogP contribution in [-0.2, 0) is 0 Å². The minimum absolute atomic E-state index is 0.0420. The van der Waals surface area contributed by atoms with Crippen LogP contribution in [0.1, 0.15) is 21.5 Å². The fourth-order valence-electron chi connectivity index (χ4n) is 1.97. The quantitative estimate of drug-likeness (QED) is 0.629. The summed E-state index contributed by atoms with van der Waals surface area (Å²) in [6.45, 7) is 2.04. The van der Waals surface area contributed by atoms with Crippen LogP contribution >= 0.6 is 39.1 Å². The molecule has 0 saturated carbocycles. The predicted octanol–water partition coefficient (Wildman–Crippen LogP) is 5.79. The highest BCUT2D eigenvalue weighted by Gasteiger charge is 2.18. The standard InChI is InChI=1S/C15H13BrCl2O/c1-9-8-10(19-2)6-7-11(9)15(16)14-12(17)4-3-5-13(14)18/h3-8,15H,1-2H3. The number of halogens is 3. The predicted molar refractivity (Wildman–Crippen MR) is 85.0 cm³/mol. The lowest BCUT2D eigenvalue weighted by atomic mass is 10.00. The summed E-state index contributed by atoms with van der Waals surface area (Å²) < 4.78 is 5.22. The number of benzene rings is 2. The molecule has 0 amide bonds. The smallest absolute Gasteiger partial charge is 0.119 e. The molecule has 19 heavy (non-hydrogen) atoms. The van der Waals surface area contributed by atoms with Crippen LogP contribution in [0.2, 0.25) is 10.0 Å². The van der Waals surface area contributed by atoms with Gasteiger partial charge in [-0.2, -0.15) is 0 Å². The van der Waals surface area contributed by atoms with Crippen molar-refractivity contribution in [3.05, 3.63) is 63.1 Å². The minimum Gasteiger partial charge on any atom is -0.497 e. The zero-order chi connectivity index (χ0) is 14.0. The normalized spacial score (nSPS) is 12.3. The average Bonchev–Trinajstić information content (AvgIpc) is 2.38. The van der Waals surface area contributed by atoms with Crippen molar-refractivity contribution in [2.75, 3.05) is 7.11 Å². The average molecular weight is 360 g/mol. The number of aryl methyl sites for hydroxylation is 1. The molecule has 0 bridgehead atoms. The third kappa shape index (κ3) is 3.07. The van der Waals surface area contributed by atoms with Gasteiger partial charge in [0.1, 0.15) is 5.75 Å². The Balaban J connectivity index is 2.47. The van der Waals surface area contributed by atoms with E-state index in [0.29, 0.717) is 10.0 Å². The van der Waals surface area contributed by atoms with Gasteiger partial charge in [-0.05, 0) is 42.3 Å². The molecule has 0 aromatic heterocycles. The first-order chi connectivity index (χ1) is 9.04. The van der Waals surface area contributed by atoms with Gasteiger partial charge in [-0.15, -0.1) is 0 Å². The second kappa shape index (κ2) is 6.17. The van der Waals surface area contributed by atoms with Gasteiger partial charge < -0.3 is 4.74 Å². The lowest BCUT2D eigenvalue weighted by Gasteiger charge is -2.17. The summed E-state index contributed by atoms with van der Waals surface area (Å²) in [5.41, 5.74) is 3.13. The first-order valence-corrected chi connectivity index (χ1v) is 7.44. The molecule has 100 valence electrons. The molecule has 1 nitrogen and oxygen atoms in total. The van der Waals surface area contributed by atoms with Gasteiger partial charge in [-0.25, -0.2) is 0 Å². The Hall–Kier alpha value is -0.700. The first-order valence-electron chi connectivity index (χ1n) is 5.77. The van der Waals surface area contributed by atoms with E-state index in [1.807, 2.05) is 43.3 Å². The summed E-state index contributed by atoms with van der Waals surface area (Å²) in [6, 6.07) is 11.5. The molecule has 0 fully saturated rings. The van der Waals surface area contributed by atoms with Gasteiger partial charge in [0.15, 0.2) is 0 Å². The van der Waals surface area contributed by atoms with Crippen molar-refractivity contribution < 1.29 is 4.74 Å². The zero-order valence-electron chi connectivity index (χ0n) is 10.6. The van der Waals surface area contributed by atoms with Gasteiger partial charge in [0.05, 0.1) is 11.9 Å². The highest BCUT2D eigenvalue weighted by Crippen LogP contribution is 2.41. The molecule has 4 heteroatoms. The van der Waals surface area contributed by atoms with Gasteiger partial charge in [0.25, 0.3) is 0 Å². The Labute approximate surface area is 131 Å². The molecule has 0 radical (unpaired) electrons. The maximum absolute atomic E-state index is 6.25. The van der Waals surface area contributed by atoms with E-state index in [0.717, 1.165) is 22.4 Å². The Bertz CT molecular complexity index is 578. The number of ether oxygens (including phenoxy) is 1. The number of rotatable bonds is 3. The molecule has 1 atom stereocenters. The molecule has 0 aliphatic heterocycles. The van der Waals surface area contributed by atoms with Crippen LogP contribution in [0.4, 0.5) is 0 Å². The van der Waals surface area contributed by atoms with Crippen LogP contribution < -0.4 is 4.74 Å². The summed E-state index contributed by atoms with van der Waals surface area (Å²) >= 11 is 16.2. The van der Waals surface area contributed by atoms with E-state index in [9.17, 15) is 0 Å². The molecule has 1 unspecified atom stereocenters. The van der Waals surface area contributed by atoms with E-state index in [-0.39, 0.29) is 4.83 Å². The van der Waals surface area contributed by atoms with Gasteiger partial charge in [-0.3, -0.25) is 0 Å². The lowest BCUT2D eigenvalue weighted by molar-refractivity contribution is 0.414. The van der Waals surface area contributed by atoms with Gasteiger partial charge >= 0.3 is 0 Å². The molecular formula is C15H13BrCl2O. The molecule has 0 aliphatic rings. The molecule has 2 rings (SSSR count). The Morgan fingerprint density at radius 3 is 2.26 bits per heavy atom. The fraction of sp³-hybridized carbons (Fsp3) is 0.200. The van der Waals surface area contributed by atoms with Crippen LogP contribution in [-0.4, -0.2) is 7.11 Å². The summed E-state index contributed by atoms with van der Waals surface area (Å²) in [4.78, 5) is -0.0420. The van der Waals surface area contributed by atoms with E-state index in [4.69, 9.17) is 27.9 Å². The van der Waals surface area contributed by atoms with Crippen molar-refractivity contribution in [3.8, 4) is 5.75 Å². The number of methoxy groups -OCH3 is 1. The van der Waals surface area contributed by atoms with Gasteiger partial charge in [0, 0.05) is 15.6 Å². The minimum atomic E-state index is -0.0420. The van der Waals surface area contributed by atoms with Crippen LogP contribution in [0.25, 0.3) is 0 Å². The molecule has 0 spiro atoms. The largest absolute Gasteiger partial charge is 0.497 e. The molecule has 0 aliphatic carbocycles. The summed E-state index contributed by atoms with van der Waals surface area (Å²) in [5, 5.41) is 1.31. The highest BCUT2D eigenvalue weighted by atomic mass is 79.9. The third-order valence-electron chi connectivity index (χ3n) is 3.00. The SMILES string of the molecule is COc1ccc(C(Br)c2c(Cl)cccc2Cl)c(C)c1. The van der Waals surface area contributed by atoms with Crippen molar-refractivity contribution in [1.82, 2.24) is 0 Å². The van der Waals surface area contributed by atoms with Crippen molar-refractivity contribution in [2.45, 2.75) is 11.8 Å². The van der Waals surface area contributed by atoms with Crippen molar-refractivity contribution in [3.63, 3.8) is 0 Å². The molecule has 0 saturated heterocycles. The molecule has 0 heterocycles. The summed E-state index contributed by atoms with van der Waals surface area (Å²) in [7, 11) is 1.66. The van der Waals surface area contributed by atoms with Gasteiger partial charge in [0.2, 0.25) is 0 Å². The highest BCUT2D eigenvalue weighted by molar-refractivity contribution is 9.09. The van der Waals surface area contributed by atoms with E-state index >= 15 is 0 Å². The van der Waals surface area contributed by atoms with Crippen molar-refractivity contribution in [2.24, 2.45) is 0 Å². The monoisotopic (exact) mass is 358 g/mol. The number of alkyl halides is 1. The van der Waals surface area contributed by atoms with E-state index in [1.165, 1.54) is 0 Å². The topological polar surface area (TPSA) is 9.23 Å². The summed E-state index contributed by atoms with van der Waals surface area (Å²) in [6.07, 6.45) is 0. The molecule has 2 aromatic rings. The Kier molecular flexibility index (Phi) is 4.77. The van der Waals surface area contributed by atoms with Crippen LogP contribution in [0.3, 0.4) is 0 Å². The Morgan fingerprint density at radius 2 is 1.74 bits per heavy atom. The molecular weight excluding hydrogens is 347 g/mol. The number of hydrogen-bond donors (Lipinski definition) is 0. The van der Waals surface area contributed by atoms with Gasteiger partial charge in [-0.1, -0.05) is 51.3 Å². The summed E-state index contributed by atoms with van der Waals surface area (Å²) in [5.74, 6) is 0.839. The van der Waals surface area contributed by atoms with Crippen LogP contribution in [0, 0.1) is 6.92 Å². The molecule has 2 aromatic carbocycles. The van der Waals surface area contributed by atoms with E-state index in [1.54, 1.807) is 7.11 Å². The van der Waals surface area contributed by atoms with E-state index in [2.05, 4.69) is 15.9 Å². The first kappa shape index (κ1) is 14.7. The second-order valence-electron chi connectivity index (χ2n) is 4.22. The Morgan fingerprint density at radius 1 is 1.11 bits per heavy atom. The zero-order valence-corrected chi connectivity index (χ0v) is 13.7. The van der Waals surface area contributed by atoms with Crippen LogP contribution in [0.5, 0.6) is 5.75 Å². The number of hydrogen-bond acceptors (Lipinski definition) is 1. The maximum Gasteiger partial charge on any atom is 0.119 e.